The van der Waals surface area contributed by atoms with Gasteiger partial charge in [0.15, 0.2) is 0 Å². The molecule has 0 aliphatic heterocycles. The molecule has 0 aliphatic rings. The summed E-state index contributed by atoms with van der Waals surface area (Å²) in [6, 6.07) is 9.05. The molecule has 1 aromatic carbocycles. The Morgan fingerprint density at radius 1 is 1.26 bits per heavy atom. The number of nitrogens with zero attached hydrogens (tertiary/aromatic N) is 1. The first-order chi connectivity index (χ1) is 9.06. The number of hydrogen-bond donors (Lipinski definition) is 1. The lowest BCUT2D eigenvalue weighted by Crippen LogP contribution is -2.05. The number of aromatic carboxylic acids is 1. The Labute approximate surface area is 126 Å². The van der Waals surface area contributed by atoms with Crippen LogP contribution in [0.2, 0.25) is 0 Å². The Balaban J connectivity index is 2.17. The van der Waals surface area contributed by atoms with Crippen molar-refractivity contribution < 1.29 is 14.6 Å². The van der Waals surface area contributed by atoms with Crippen LogP contribution in [0, 0.1) is 0 Å². The van der Waals surface area contributed by atoms with Crippen molar-refractivity contribution in [2.24, 2.45) is 0 Å². The summed E-state index contributed by atoms with van der Waals surface area (Å²) < 4.78 is 7.00. The van der Waals surface area contributed by atoms with Gasteiger partial charge in [-0.1, -0.05) is 28.1 Å². The van der Waals surface area contributed by atoms with E-state index in [1.165, 1.54) is 12.3 Å². The Bertz CT molecular complexity index is 617. The summed E-state index contributed by atoms with van der Waals surface area (Å²) in [5, 5.41) is 9.08. The molecule has 6 heteroatoms. The molecule has 4 nitrogen and oxygen atoms in total. The molecule has 0 saturated heterocycles. The first kappa shape index (κ1) is 14.0. The predicted octanol–water partition coefficient (Wildman–Crippen LogP) is 3.88. The first-order valence-electron chi connectivity index (χ1n) is 5.32. The molecule has 2 aromatic rings. The summed E-state index contributed by atoms with van der Waals surface area (Å²) in [5.41, 5.74) is 0.958. The molecule has 0 radical (unpaired) electrons. The number of benzene rings is 1. The normalized spacial score (nSPS) is 10.2. The van der Waals surface area contributed by atoms with Crippen LogP contribution in [0.3, 0.4) is 0 Å². The van der Waals surface area contributed by atoms with Crippen LogP contribution in [-0.4, -0.2) is 16.1 Å². The molecular formula is C13H9Br2NO3. The van der Waals surface area contributed by atoms with Crippen molar-refractivity contribution in [1.29, 1.82) is 0 Å². The highest BCUT2D eigenvalue weighted by molar-refractivity contribution is 9.10. The fourth-order valence-corrected chi connectivity index (χ4v) is 2.25. The van der Waals surface area contributed by atoms with Crippen molar-refractivity contribution in [2.45, 2.75) is 6.61 Å². The van der Waals surface area contributed by atoms with E-state index >= 15 is 0 Å². The molecule has 0 saturated carbocycles. The molecule has 1 aromatic heterocycles. The van der Waals surface area contributed by atoms with E-state index < -0.39 is 5.97 Å². The lowest BCUT2D eigenvalue weighted by atomic mass is 10.2. The van der Waals surface area contributed by atoms with Crippen molar-refractivity contribution in [3.05, 3.63) is 56.6 Å². The van der Waals surface area contributed by atoms with Gasteiger partial charge in [0.25, 0.3) is 0 Å². The Kier molecular flexibility index (Phi) is 4.55. The zero-order chi connectivity index (χ0) is 13.8. The lowest BCUT2D eigenvalue weighted by molar-refractivity contribution is 0.0690. The highest BCUT2D eigenvalue weighted by Crippen LogP contribution is 2.21. The van der Waals surface area contributed by atoms with Gasteiger partial charge in [-0.3, -0.25) is 0 Å². The van der Waals surface area contributed by atoms with E-state index in [1.807, 2.05) is 24.3 Å². The van der Waals surface area contributed by atoms with Gasteiger partial charge in [-0.15, -0.1) is 0 Å². The van der Waals surface area contributed by atoms with Crippen LogP contribution in [0.1, 0.15) is 15.9 Å². The van der Waals surface area contributed by atoms with Crippen LogP contribution in [0.5, 0.6) is 5.88 Å². The van der Waals surface area contributed by atoms with Gasteiger partial charge in [0.1, 0.15) is 12.2 Å². The minimum Gasteiger partial charge on any atom is -0.477 e. The topological polar surface area (TPSA) is 59.4 Å². The van der Waals surface area contributed by atoms with Crippen molar-refractivity contribution in [2.75, 3.05) is 0 Å². The van der Waals surface area contributed by atoms with Gasteiger partial charge < -0.3 is 9.84 Å². The van der Waals surface area contributed by atoms with Gasteiger partial charge in [0.2, 0.25) is 5.88 Å². The lowest BCUT2D eigenvalue weighted by Gasteiger charge is -2.08. The standard InChI is InChI=1S/C13H9Br2NO3/c14-9-3-1-2-8(4-9)7-19-12-11(13(17)18)5-10(15)6-16-12/h1-6H,7H2,(H,17,18). The predicted molar refractivity (Wildman–Crippen MR) is 77.4 cm³/mol. The number of pyridine rings is 1. The SMILES string of the molecule is O=C(O)c1cc(Br)cnc1OCc1cccc(Br)c1. The molecule has 0 aliphatic carbocycles. The molecule has 1 N–H and O–H groups in total. The fourth-order valence-electron chi connectivity index (χ4n) is 1.47. The number of ether oxygens (including phenoxy) is 1. The van der Waals surface area contributed by atoms with Crippen LogP contribution < -0.4 is 4.74 Å². The molecule has 2 rings (SSSR count). The first-order valence-corrected chi connectivity index (χ1v) is 6.91. The maximum Gasteiger partial charge on any atom is 0.341 e. The third-order valence-electron chi connectivity index (χ3n) is 2.31. The minimum atomic E-state index is -1.07. The molecule has 19 heavy (non-hydrogen) atoms. The molecule has 98 valence electrons. The van der Waals surface area contributed by atoms with E-state index in [4.69, 9.17) is 9.84 Å². The van der Waals surface area contributed by atoms with E-state index in [-0.39, 0.29) is 18.1 Å². The summed E-state index contributed by atoms with van der Waals surface area (Å²) in [6.07, 6.45) is 1.50. The molecule has 0 atom stereocenters. The highest BCUT2D eigenvalue weighted by atomic mass is 79.9. The molecule has 0 fully saturated rings. The second-order valence-corrected chi connectivity index (χ2v) is 5.56. The molecule has 0 unspecified atom stereocenters. The molecule has 0 amide bonds. The zero-order valence-corrected chi connectivity index (χ0v) is 12.8. The second kappa shape index (κ2) is 6.16. The van der Waals surface area contributed by atoms with Crippen molar-refractivity contribution in [3.8, 4) is 5.88 Å². The molecule has 0 bridgehead atoms. The molecule has 1 heterocycles. The quantitative estimate of drug-likeness (QED) is 0.865. The minimum absolute atomic E-state index is 0.0318. The van der Waals surface area contributed by atoms with E-state index in [1.54, 1.807) is 0 Å². The van der Waals surface area contributed by atoms with Gasteiger partial charge in [-0.05, 0) is 39.7 Å². The van der Waals surface area contributed by atoms with E-state index in [0.29, 0.717) is 4.47 Å². The van der Waals surface area contributed by atoms with Crippen LogP contribution in [0.25, 0.3) is 0 Å². The number of carboxylic acids is 1. The summed E-state index contributed by atoms with van der Waals surface area (Å²) >= 11 is 6.55. The maximum absolute atomic E-state index is 11.1. The third-order valence-corrected chi connectivity index (χ3v) is 3.24. The van der Waals surface area contributed by atoms with Crippen LogP contribution in [0.15, 0.2) is 45.5 Å². The Morgan fingerprint density at radius 2 is 2.05 bits per heavy atom. The van der Waals surface area contributed by atoms with Gasteiger partial charge in [-0.2, -0.15) is 0 Å². The average molecular weight is 387 g/mol. The van der Waals surface area contributed by atoms with Gasteiger partial charge >= 0.3 is 5.97 Å². The highest BCUT2D eigenvalue weighted by Gasteiger charge is 2.13. The molecular weight excluding hydrogens is 378 g/mol. The zero-order valence-electron chi connectivity index (χ0n) is 9.64. The summed E-state index contributed by atoms with van der Waals surface area (Å²) in [7, 11) is 0. The van der Waals surface area contributed by atoms with Crippen molar-refractivity contribution in [3.63, 3.8) is 0 Å². The fraction of sp³-hybridized carbons (Fsp3) is 0.0769. The largest absolute Gasteiger partial charge is 0.477 e. The number of rotatable bonds is 4. The smallest absolute Gasteiger partial charge is 0.341 e. The van der Waals surface area contributed by atoms with Gasteiger partial charge in [0, 0.05) is 15.1 Å². The number of halogens is 2. The van der Waals surface area contributed by atoms with E-state index in [0.717, 1.165) is 10.0 Å². The molecule has 0 spiro atoms. The van der Waals surface area contributed by atoms with Crippen LogP contribution in [-0.2, 0) is 6.61 Å². The van der Waals surface area contributed by atoms with Crippen LogP contribution >= 0.6 is 31.9 Å². The van der Waals surface area contributed by atoms with E-state index in [2.05, 4.69) is 36.8 Å². The van der Waals surface area contributed by atoms with Crippen molar-refractivity contribution >= 4 is 37.8 Å². The number of aromatic nitrogens is 1. The van der Waals surface area contributed by atoms with E-state index in [9.17, 15) is 4.79 Å². The summed E-state index contributed by atoms with van der Waals surface area (Å²) in [4.78, 5) is 15.1. The summed E-state index contributed by atoms with van der Waals surface area (Å²) in [5.74, 6) is -0.964. The van der Waals surface area contributed by atoms with Crippen molar-refractivity contribution in [1.82, 2.24) is 4.98 Å². The third kappa shape index (κ3) is 3.78. The van der Waals surface area contributed by atoms with Gasteiger partial charge in [-0.25, -0.2) is 9.78 Å². The monoisotopic (exact) mass is 385 g/mol. The number of carbonyl (C=O) groups is 1. The second-order valence-electron chi connectivity index (χ2n) is 3.73. The van der Waals surface area contributed by atoms with Crippen LogP contribution in [0.4, 0.5) is 0 Å². The van der Waals surface area contributed by atoms with Gasteiger partial charge in [0.05, 0.1) is 0 Å². The Morgan fingerprint density at radius 3 is 2.74 bits per heavy atom. The Hall–Kier alpha value is -1.40. The number of hydrogen-bond acceptors (Lipinski definition) is 3. The summed E-state index contributed by atoms with van der Waals surface area (Å²) in [6.45, 7) is 0.258. The number of carboxylic acid groups (broad SMARTS) is 1. The maximum atomic E-state index is 11.1. The average Bonchev–Trinajstić information content (AvgIpc) is 2.37.